The molecule has 0 saturated heterocycles. The lowest BCUT2D eigenvalue weighted by molar-refractivity contribution is 0.422. The first-order chi connectivity index (χ1) is 6.06. The minimum atomic E-state index is -0.814. The molecule has 1 rings (SSSR count). The van der Waals surface area contributed by atoms with E-state index in [1.165, 1.54) is 6.07 Å². The summed E-state index contributed by atoms with van der Waals surface area (Å²) >= 11 is 0. The molecule has 0 saturated carbocycles. The minimum Gasteiger partial charge on any atom is -0.505 e. The number of hydrogen-bond donors (Lipinski definition) is 2. The normalized spacial score (nSPS) is 11.3. The SMILES string of the molecule is C[C@@H](N)c1cc(C#N)cc(F)c1O.Cl. The van der Waals surface area contributed by atoms with Crippen molar-refractivity contribution in [1.82, 2.24) is 0 Å². The third-order valence-corrected chi connectivity index (χ3v) is 1.71. The van der Waals surface area contributed by atoms with Crippen molar-refractivity contribution in [3.63, 3.8) is 0 Å². The molecule has 5 heteroatoms. The van der Waals surface area contributed by atoms with Gasteiger partial charge >= 0.3 is 0 Å². The molecule has 0 amide bonds. The Bertz CT molecular complexity index is 374. The van der Waals surface area contributed by atoms with Crippen LogP contribution in [0.25, 0.3) is 0 Å². The third kappa shape index (κ3) is 2.34. The van der Waals surface area contributed by atoms with Gasteiger partial charge < -0.3 is 10.8 Å². The number of nitrogens with zero attached hydrogens (tertiary/aromatic N) is 1. The molecule has 0 fully saturated rings. The Kier molecular flexibility index (Phi) is 4.35. The van der Waals surface area contributed by atoms with Crippen LogP contribution in [0.5, 0.6) is 5.75 Å². The molecule has 0 aliphatic carbocycles. The summed E-state index contributed by atoms with van der Waals surface area (Å²) in [5.41, 5.74) is 5.87. The Morgan fingerprint density at radius 2 is 2.14 bits per heavy atom. The highest BCUT2D eigenvalue weighted by Crippen LogP contribution is 2.26. The number of halogens is 2. The molecule has 1 aromatic rings. The maximum Gasteiger partial charge on any atom is 0.166 e. The average molecular weight is 217 g/mol. The van der Waals surface area contributed by atoms with Gasteiger partial charge in [-0.3, -0.25) is 0 Å². The van der Waals surface area contributed by atoms with Crippen LogP contribution in [0.3, 0.4) is 0 Å². The fourth-order valence-corrected chi connectivity index (χ4v) is 1.03. The zero-order chi connectivity index (χ0) is 10.0. The van der Waals surface area contributed by atoms with E-state index in [9.17, 15) is 9.50 Å². The Hall–Kier alpha value is -1.31. The van der Waals surface area contributed by atoms with Gasteiger partial charge in [0.05, 0.1) is 11.6 Å². The largest absolute Gasteiger partial charge is 0.505 e. The molecule has 0 spiro atoms. The molecule has 0 aliphatic heterocycles. The quantitative estimate of drug-likeness (QED) is 0.753. The first-order valence-electron chi connectivity index (χ1n) is 3.74. The van der Waals surface area contributed by atoms with Crippen molar-refractivity contribution in [3.05, 3.63) is 29.1 Å². The molecule has 0 heterocycles. The fourth-order valence-electron chi connectivity index (χ4n) is 1.03. The van der Waals surface area contributed by atoms with Crippen molar-refractivity contribution in [2.75, 3.05) is 0 Å². The van der Waals surface area contributed by atoms with E-state index in [4.69, 9.17) is 11.0 Å². The number of rotatable bonds is 1. The maximum atomic E-state index is 12.9. The van der Waals surface area contributed by atoms with E-state index in [2.05, 4.69) is 0 Å². The van der Waals surface area contributed by atoms with Gasteiger partial charge in [-0.05, 0) is 19.1 Å². The van der Waals surface area contributed by atoms with Crippen LogP contribution in [0.2, 0.25) is 0 Å². The summed E-state index contributed by atoms with van der Waals surface area (Å²) in [6, 6.07) is 3.64. The van der Waals surface area contributed by atoms with E-state index in [0.29, 0.717) is 0 Å². The molecule has 0 bridgehead atoms. The highest BCUT2D eigenvalue weighted by atomic mass is 35.5. The van der Waals surface area contributed by atoms with Gasteiger partial charge in [0.25, 0.3) is 0 Å². The van der Waals surface area contributed by atoms with E-state index in [1.807, 2.05) is 0 Å². The van der Waals surface area contributed by atoms with Crippen LogP contribution < -0.4 is 5.73 Å². The summed E-state index contributed by atoms with van der Waals surface area (Å²) in [6.45, 7) is 1.61. The highest BCUT2D eigenvalue weighted by molar-refractivity contribution is 5.85. The second kappa shape index (κ2) is 4.80. The van der Waals surface area contributed by atoms with Crippen molar-refractivity contribution in [1.29, 1.82) is 5.26 Å². The molecule has 0 aromatic heterocycles. The second-order valence-corrected chi connectivity index (χ2v) is 2.80. The topological polar surface area (TPSA) is 70.0 Å². The summed E-state index contributed by atoms with van der Waals surface area (Å²) in [5.74, 6) is -1.29. The monoisotopic (exact) mass is 216 g/mol. The first kappa shape index (κ1) is 12.7. The molecular formula is C9H10ClFN2O. The van der Waals surface area contributed by atoms with Crippen molar-refractivity contribution < 1.29 is 9.50 Å². The number of hydrogen-bond acceptors (Lipinski definition) is 3. The predicted molar refractivity (Wildman–Crippen MR) is 52.6 cm³/mol. The third-order valence-electron chi connectivity index (χ3n) is 1.71. The summed E-state index contributed by atoms with van der Waals surface area (Å²) < 4.78 is 12.9. The Morgan fingerprint density at radius 3 is 2.57 bits per heavy atom. The van der Waals surface area contributed by atoms with Crippen LogP contribution in [-0.2, 0) is 0 Å². The summed E-state index contributed by atoms with van der Waals surface area (Å²) in [4.78, 5) is 0. The molecule has 3 N–H and O–H groups in total. The van der Waals surface area contributed by atoms with E-state index >= 15 is 0 Å². The molecule has 76 valence electrons. The lowest BCUT2D eigenvalue weighted by atomic mass is 10.0. The molecule has 1 atom stereocenters. The van der Waals surface area contributed by atoms with Crippen LogP contribution in [-0.4, -0.2) is 5.11 Å². The lowest BCUT2D eigenvalue weighted by Gasteiger charge is -2.08. The van der Waals surface area contributed by atoms with Crippen LogP contribution in [0, 0.1) is 17.1 Å². The second-order valence-electron chi connectivity index (χ2n) is 2.80. The minimum absolute atomic E-state index is 0. The predicted octanol–water partition coefficient (Wildman–Crippen LogP) is 1.84. The fraction of sp³-hybridized carbons (Fsp3) is 0.222. The zero-order valence-electron chi connectivity index (χ0n) is 7.49. The van der Waals surface area contributed by atoms with Crippen molar-refractivity contribution in [3.8, 4) is 11.8 Å². The van der Waals surface area contributed by atoms with Gasteiger partial charge in [0, 0.05) is 11.6 Å². The van der Waals surface area contributed by atoms with Gasteiger partial charge in [0.1, 0.15) is 0 Å². The molecule has 14 heavy (non-hydrogen) atoms. The van der Waals surface area contributed by atoms with Gasteiger partial charge in [-0.1, -0.05) is 0 Å². The van der Waals surface area contributed by atoms with E-state index in [-0.39, 0.29) is 23.5 Å². The van der Waals surface area contributed by atoms with Crippen LogP contribution in [0.1, 0.15) is 24.1 Å². The van der Waals surface area contributed by atoms with Gasteiger partial charge in [0.15, 0.2) is 11.6 Å². The number of phenolic OH excluding ortho intramolecular Hbond substituents is 1. The molecule has 3 nitrogen and oxygen atoms in total. The van der Waals surface area contributed by atoms with Gasteiger partial charge in [-0.25, -0.2) is 4.39 Å². The first-order valence-corrected chi connectivity index (χ1v) is 3.74. The number of benzene rings is 1. The number of phenols is 1. The molecular weight excluding hydrogens is 207 g/mol. The summed E-state index contributed by atoms with van der Waals surface area (Å²) in [7, 11) is 0. The van der Waals surface area contributed by atoms with Crippen LogP contribution in [0.4, 0.5) is 4.39 Å². The Labute approximate surface area is 87.4 Å². The van der Waals surface area contributed by atoms with Crippen LogP contribution >= 0.6 is 12.4 Å². The van der Waals surface area contributed by atoms with Crippen molar-refractivity contribution in [2.24, 2.45) is 5.73 Å². The summed E-state index contributed by atoms with van der Waals surface area (Å²) in [6.07, 6.45) is 0. The van der Waals surface area contributed by atoms with Gasteiger partial charge in [-0.2, -0.15) is 5.26 Å². The molecule has 0 aliphatic rings. The number of nitrogens with two attached hydrogens (primary N) is 1. The maximum absolute atomic E-state index is 12.9. The van der Waals surface area contributed by atoms with Gasteiger partial charge in [-0.15, -0.1) is 12.4 Å². The average Bonchev–Trinajstić information content (AvgIpc) is 2.09. The smallest absolute Gasteiger partial charge is 0.166 e. The summed E-state index contributed by atoms with van der Waals surface area (Å²) in [5, 5.41) is 17.7. The number of nitriles is 1. The highest BCUT2D eigenvalue weighted by Gasteiger charge is 2.12. The van der Waals surface area contributed by atoms with Crippen molar-refractivity contribution >= 4 is 12.4 Å². The lowest BCUT2D eigenvalue weighted by Crippen LogP contribution is -2.06. The Morgan fingerprint density at radius 1 is 1.57 bits per heavy atom. The number of aromatic hydroxyl groups is 1. The van der Waals surface area contributed by atoms with Crippen molar-refractivity contribution in [2.45, 2.75) is 13.0 Å². The van der Waals surface area contributed by atoms with Crippen LogP contribution in [0.15, 0.2) is 12.1 Å². The molecule has 0 radical (unpaired) electrons. The molecule has 0 unspecified atom stereocenters. The molecule has 1 aromatic carbocycles. The van der Waals surface area contributed by atoms with Gasteiger partial charge in [0.2, 0.25) is 0 Å². The zero-order valence-corrected chi connectivity index (χ0v) is 8.31. The van der Waals surface area contributed by atoms with E-state index in [0.717, 1.165) is 6.07 Å². The van der Waals surface area contributed by atoms with E-state index < -0.39 is 17.6 Å². The Balaban J connectivity index is 0.00000169. The van der Waals surface area contributed by atoms with E-state index in [1.54, 1.807) is 13.0 Å². The standard InChI is InChI=1S/C9H9FN2O.ClH/c1-5(12)7-2-6(4-11)3-8(10)9(7)13;/h2-3,5,13H,12H2,1H3;1H/t5-;/m1./s1.